The van der Waals surface area contributed by atoms with Crippen LogP contribution in [0.2, 0.25) is 19.6 Å². The summed E-state index contributed by atoms with van der Waals surface area (Å²) in [4.78, 5) is 14.5. The lowest BCUT2D eigenvalue weighted by molar-refractivity contribution is 0.0765. The van der Waals surface area contributed by atoms with Gasteiger partial charge in [-0.05, 0) is 67.4 Å². The topological polar surface area (TPSA) is 29.5 Å². The van der Waals surface area contributed by atoms with E-state index in [2.05, 4.69) is 52.6 Å². The molecule has 0 saturated heterocycles. The molecular formula is C20H39NO2Si. The molecule has 140 valence electrons. The normalized spacial score (nSPS) is 13.9. The third-order valence-corrected chi connectivity index (χ3v) is 5.92. The molecule has 1 amide bonds. The number of carbonyl (C=O) groups is 1. The summed E-state index contributed by atoms with van der Waals surface area (Å²) in [5, 5.41) is 0. The number of carbonyl (C=O) groups excluding carboxylic acids is 1. The van der Waals surface area contributed by atoms with Gasteiger partial charge in [0.1, 0.15) is 5.73 Å². The van der Waals surface area contributed by atoms with Crippen molar-refractivity contribution >= 4 is 14.2 Å². The van der Waals surface area contributed by atoms with Gasteiger partial charge < -0.3 is 9.64 Å². The summed E-state index contributed by atoms with van der Waals surface area (Å²) in [6.07, 6.45) is 6.30. The number of nitrogens with zero attached hydrogens (tertiary/aromatic N) is 1. The molecule has 0 aliphatic rings. The minimum absolute atomic E-state index is 0.0864. The predicted molar refractivity (Wildman–Crippen MR) is 108 cm³/mol. The molecule has 0 bridgehead atoms. The summed E-state index contributed by atoms with van der Waals surface area (Å²) in [7, 11) is -1.65. The molecule has 4 heteroatoms. The van der Waals surface area contributed by atoms with E-state index in [1.54, 1.807) is 0 Å². The van der Waals surface area contributed by atoms with Crippen molar-refractivity contribution in [1.29, 1.82) is 0 Å². The van der Waals surface area contributed by atoms with Gasteiger partial charge >= 0.3 is 6.09 Å². The second-order valence-corrected chi connectivity index (χ2v) is 13.9. The molecule has 0 aliphatic carbocycles. The van der Waals surface area contributed by atoms with Crippen LogP contribution in [0.3, 0.4) is 0 Å². The molecular weight excluding hydrogens is 314 g/mol. The van der Waals surface area contributed by atoms with E-state index in [-0.39, 0.29) is 23.9 Å². The minimum atomic E-state index is -1.65. The molecule has 3 nitrogen and oxygen atoms in total. The van der Waals surface area contributed by atoms with E-state index in [4.69, 9.17) is 4.74 Å². The third kappa shape index (κ3) is 8.72. The monoisotopic (exact) mass is 353 g/mol. The quantitative estimate of drug-likeness (QED) is 0.385. The summed E-state index contributed by atoms with van der Waals surface area (Å²) in [5.41, 5.74) is 2.56. The van der Waals surface area contributed by atoms with Gasteiger partial charge in [-0.2, -0.15) is 0 Å². The van der Waals surface area contributed by atoms with Crippen LogP contribution in [0.4, 0.5) is 4.79 Å². The molecule has 0 heterocycles. The van der Waals surface area contributed by atoms with Crippen LogP contribution < -0.4 is 0 Å². The molecule has 0 aromatic carbocycles. The molecule has 0 radical (unpaired) electrons. The highest BCUT2D eigenvalue weighted by Gasteiger charge is 2.31. The van der Waals surface area contributed by atoms with Crippen molar-refractivity contribution in [3.05, 3.63) is 23.3 Å². The average molecular weight is 354 g/mol. The van der Waals surface area contributed by atoms with E-state index in [0.717, 1.165) is 12.8 Å². The second kappa shape index (κ2) is 10.1. The van der Waals surface area contributed by atoms with Gasteiger partial charge in [-0.3, -0.25) is 0 Å². The molecule has 0 saturated carbocycles. The summed E-state index contributed by atoms with van der Waals surface area (Å²) >= 11 is 0. The Morgan fingerprint density at radius 2 is 1.54 bits per heavy atom. The lowest BCUT2D eigenvalue weighted by Gasteiger charge is -2.34. The third-order valence-electron chi connectivity index (χ3n) is 3.93. The van der Waals surface area contributed by atoms with E-state index >= 15 is 0 Å². The fourth-order valence-corrected chi connectivity index (χ4v) is 3.82. The molecule has 0 fully saturated rings. The van der Waals surface area contributed by atoms with Crippen LogP contribution >= 0.6 is 0 Å². The molecule has 0 rings (SSSR count). The van der Waals surface area contributed by atoms with Crippen molar-refractivity contribution in [2.45, 2.75) is 98.8 Å². The first-order valence-electron chi connectivity index (χ1n) is 9.15. The zero-order valence-corrected chi connectivity index (χ0v) is 18.6. The molecule has 0 spiro atoms. The van der Waals surface area contributed by atoms with Crippen LogP contribution in [-0.2, 0) is 4.74 Å². The van der Waals surface area contributed by atoms with E-state index in [1.807, 2.05) is 32.6 Å². The fourth-order valence-electron chi connectivity index (χ4n) is 2.58. The van der Waals surface area contributed by atoms with Crippen molar-refractivity contribution in [1.82, 2.24) is 4.90 Å². The number of hydrogen-bond acceptors (Lipinski definition) is 2. The molecule has 0 unspecified atom stereocenters. The zero-order chi connectivity index (χ0) is 19.1. The number of allylic oxidation sites excluding steroid dienone is 3. The Morgan fingerprint density at radius 1 is 1.04 bits per heavy atom. The van der Waals surface area contributed by atoms with Gasteiger partial charge in [0.15, 0.2) is 0 Å². The smallest absolute Gasteiger partial charge is 0.410 e. The maximum Gasteiger partial charge on any atom is 0.410 e. The number of amides is 1. The Hall–Kier alpha value is -1.03. The Bertz CT molecular complexity index is 447. The second-order valence-electron chi connectivity index (χ2n) is 8.60. The highest BCUT2D eigenvalue weighted by molar-refractivity contribution is 6.77. The SMILES string of the molecule is CC(C)=CCC/C(C)=C/[C@H](OC(=O)N(C(C)C)C(C)C)[Si](C)(C)C. The Kier molecular flexibility index (Phi) is 9.64. The van der Waals surface area contributed by atoms with Crippen molar-refractivity contribution in [3.63, 3.8) is 0 Å². The van der Waals surface area contributed by atoms with Gasteiger partial charge in [0.05, 0.1) is 8.07 Å². The van der Waals surface area contributed by atoms with Crippen molar-refractivity contribution in [2.24, 2.45) is 0 Å². The van der Waals surface area contributed by atoms with Gasteiger partial charge in [-0.1, -0.05) is 36.9 Å². The first-order valence-corrected chi connectivity index (χ1v) is 12.7. The average Bonchev–Trinajstić information content (AvgIpc) is 2.35. The molecule has 24 heavy (non-hydrogen) atoms. The first kappa shape index (κ1) is 23.0. The highest BCUT2D eigenvalue weighted by atomic mass is 28.3. The largest absolute Gasteiger partial charge is 0.446 e. The summed E-state index contributed by atoms with van der Waals surface area (Å²) in [6, 6.07) is 0.282. The lowest BCUT2D eigenvalue weighted by Crippen LogP contribution is -2.48. The Labute approximate surface area is 151 Å². The van der Waals surface area contributed by atoms with Crippen LogP contribution in [-0.4, -0.2) is 36.9 Å². The lowest BCUT2D eigenvalue weighted by atomic mass is 10.1. The van der Waals surface area contributed by atoms with Gasteiger partial charge in [-0.25, -0.2) is 4.79 Å². The molecule has 0 aromatic rings. The van der Waals surface area contributed by atoms with Crippen LogP contribution in [0.5, 0.6) is 0 Å². The van der Waals surface area contributed by atoms with Gasteiger partial charge in [0, 0.05) is 12.1 Å². The van der Waals surface area contributed by atoms with Gasteiger partial charge in [-0.15, -0.1) is 0 Å². The first-order chi connectivity index (χ1) is 10.9. The number of rotatable bonds is 8. The van der Waals surface area contributed by atoms with E-state index in [0.29, 0.717) is 0 Å². The highest BCUT2D eigenvalue weighted by Crippen LogP contribution is 2.20. The van der Waals surface area contributed by atoms with E-state index in [9.17, 15) is 4.79 Å². The molecule has 0 aromatic heterocycles. The predicted octanol–water partition coefficient (Wildman–Crippen LogP) is 6.18. The molecule has 0 aliphatic heterocycles. The van der Waals surface area contributed by atoms with E-state index in [1.165, 1.54) is 11.1 Å². The maximum atomic E-state index is 12.7. The maximum absolute atomic E-state index is 12.7. The van der Waals surface area contributed by atoms with Crippen molar-refractivity contribution < 1.29 is 9.53 Å². The minimum Gasteiger partial charge on any atom is -0.446 e. The van der Waals surface area contributed by atoms with Crippen LogP contribution in [0.15, 0.2) is 23.3 Å². The summed E-state index contributed by atoms with van der Waals surface area (Å²) in [5.74, 6) is 0. The zero-order valence-electron chi connectivity index (χ0n) is 17.6. The number of hydrogen-bond donors (Lipinski definition) is 0. The Balaban J connectivity index is 5.16. The van der Waals surface area contributed by atoms with Crippen LogP contribution in [0.1, 0.15) is 61.3 Å². The Morgan fingerprint density at radius 3 is 1.92 bits per heavy atom. The van der Waals surface area contributed by atoms with Gasteiger partial charge in [0.2, 0.25) is 0 Å². The van der Waals surface area contributed by atoms with Crippen molar-refractivity contribution in [2.75, 3.05) is 0 Å². The van der Waals surface area contributed by atoms with E-state index < -0.39 is 8.07 Å². The summed E-state index contributed by atoms with van der Waals surface area (Å²) < 4.78 is 5.95. The van der Waals surface area contributed by atoms with Gasteiger partial charge in [0.25, 0.3) is 0 Å². The molecule has 1 atom stereocenters. The van der Waals surface area contributed by atoms with Crippen LogP contribution in [0, 0.1) is 0 Å². The number of ether oxygens (including phenoxy) is 1. The van der Waals surface area contributed by atoms with Crippen LogP contribution in [0.25, 0.3) is 0 Å². The fraction of sp³-hybridized carbons (Fsp3) is 0.750. The standard InChI is InChI=1S/C20H39NO2Si/c1-15(2)12-11-13-18(7)14-19(24(8,9)10)23-20(22)21(16(3)4)17(5)6/h12,14,16-17,19H,11,13H2,1-10H3/b18-14+/t19-/m1/s1. The van der Waals surface area contributed by atoms with Crippen molar-refractivity contribution in [3.8, 4) is 0 Å². The summed E-state index contributed by atoms with van der Waals surface area (Å²) in [6.45, 7) is 21.3. The molecule has 0 N–H and O–H groups in total.